The SMILES string of the molecule is CC(=O)c1cccc(C(=O)N2CCN(C(=O)O)CC2)c1. The monoisotopic (exact) mass is 276 g/mol. The largest absolute Gasteiger partial charge is 0.465 e. The van der Waals surface area contributed by atoms with Gasteiger partial charge in [0.05, 0.1) is 0 Å². The Labute approximate surface area is 116 Å². The third-order valence-electron chi connectivity index (χ3n) is 3.35. The fourth-order valence-corrected chi connectivity index (χ4v) is 2.15. The highest BCUT2D eigenvalue weighted by Crippen LogP contribution is 2.11. The summed E-state index contributed by atoms with van der Waals surface area (Å²) < 4.78 is 0. The van der Waals surface area contributed by atoms with E-state index in [2.05, 4.69) is 0 Å². The van der Waals surface area contributed by atoms with Gasteiger partial charge in [-0.05, 0) is 19.1 Å². The molecule has 1 heterocycles. The van der Waals surface area contributed by atoms with E-state index >= 15 is 0 Å². The first-order valence-corrected chi connectivity index (χ1v) is 6.37. The third kappa shape index (κ3) is 2.96. The van der Waals surface area contributed by atoms with Crippen LogP contribution in [-0.2, 0) is 0 Å². The maximum Gasteiger partial charge on any atom is 0.407 e. The maximum absolute atomic E-state index is 12.3. The average Bonchev–Trinajstić information content (AvgIpc) is 2.46. The van der Waals surface area contributed by atoms with Crippen LogP contribution in [0.2, 0.25) is 0 Å². The van der Waals surface area contributed by atoms with Gasteiger partial charge >= 0.3 is 6.09 Å². The van der Waals surface area contributed by atoms with Gasteiger partial charge in [-0.25, -0.2) is 4.79 Å². The summed E-state index contributed by atoms with van der Waals surface area (Å²) in [7, 11) is 0. The van der Waals surface area contributed by atoms with Gasteiger partial charge in [0.25, 0.3) is 5.91 Å². The lowest BCUT2D eigenvalue weighted by atomic mass is 10.1. The summed E-state index contributed by atoms with van der Waals surface area (Å²) in [6, 6.07) is 6.59. The molecule has 0 bridgehead atoms. The summed E-state index contributed by atoms with van der Waals surface area (Å²) in [6.45, 7) is 2.82. The molecule has 0 radical (unpaired) electrons. The Morgan fingerprint density at radius 1 is 1.00 bits per heavy atom. The van der Waals surface area contributed by atoms with Gasteiger partial charge in [0.1, 0.15) is 0 Å². The van der Waals surface area contributed by atoms with E-state index in [9.17, 15) is 14.4 Å². The van der Waals surface area contributed by atoms with Crippen molar-refractivity contribution in [2.45, 2.75) is 6.92 Å². The second kappa shape index (κ2) is 5.73. The second-order valence-electron chi connectivity index (χ2n) is 4.70. The molecule has 1 aliphatic heterocycles. The Balaban J connectivity index is 2.07. The summed E-state index contributed by atoms with van der Waals surface area (Å²) in [5.74, 6) is -0.256. The summed E-state index contributed by atoms with van der Waals surface area (Å²) in [4.78, 5) is 37.3. The molecule has 2 amide bonds. The molecule has 0 saturated carbocycles. The van der Waals surface area contributed by atoms with Crippen molar-refractivity contribution in [3.05, 3.63) is 35.4 Å². The number of nitrogens with zero attached hydrogens (tertiary/aromatic N) is 2. The van der Waals surface area contributed by atoms with Gasteiger partial charge < -0.3 is 14.9 Å². The Kier molecular flexibility index (Phi) is 4.02. The Bertz CT molecular complexity index is 548. The average molecular weight is 276 g/mol. The van der Waals surface area contributed by atoms with Crippen LogP contribution in [0.15, 0.2) is 24.3 Å². The molecular formula is C14H16N2O4. The van der Waals surface area contributed by atoms with Crippen molar-refractivity contribution in [1.82, 2.24) is 9.80 Å². The molecule has 0 atom stereocenters. The van der Waals surface area contributed by atoms with Gasteiger partial charge in [-0.1, -0.05) is 12.1 Å². The number of benzene rings is 1. The minimum absolute atomic E-state index is 0.0876. The molecule has 1 aliphatic rings. The van der Waals surface area contributed by atoms with E-state index in [0.29, 0.717) is 37.3 Å². The van der Waals surface area contributed by atoms with E-state index < -0.39 is 6.09 Å². The quantitative estimate of drug-likeness (QED) is 0.826. The molecule has 1 saturated heterocycles. The van der Waals surface area contributed by atoms with Crippen molar-refractivity contribution in [3.8, 4) is 0 Å². The van der Waals surface area contributed by atoms with Crippen LogP contribution >= 0.6 is 0 Å². The molecule has 0 aromatic heterocycles. The van der Waals surface area contributed by atoms with E-state index in [0.717, 1.165) is 0 Å². The number of carbonyl (C=O) groups excluding carboxylic acids is 2. The van der Waals surface area contributed by atoms with Gasteiger partial charge in [-0.2, -0.15) is 0 Å². The zero-order chi connectivity index (χ0) is 14.7. The van der Waals surface area contributed by atoms with Gasteiger partial charge in [0, 0.05) is 37.3 Å². The Hall–Kier alpha value is -2.37. The van der Waals surface area contributed by atoms with Crippen LogP contribution in [0.4, 0.5) is 4.79 Å². The van der Waals surface area contributed by atoms with Crippen LogP contribution < -0.4 is 0 Å². The van der Waals surface area contributed by atoms with E-state index in [1.165, 1.54) is 11.8 Å². The van der Waals surface area contributed by atoms with Gasteiger partial charge in [0.15, 0.2) is 5.78 Å². The lowest BCUT2D eigenvalue weighted by Gasteiger charge is -2.33. The number of hydrogen-bond donors (Lipinski definition) is 1. The highest BCUT2D eigenvalue weighted by molar-refractivity contribution is 5.99. The van der Waals surface area contributed by atoms with Crippen LogP contribution in [0.5, 0.6) is 0 Å². The molecule has 6 nitrogen and oxygen atoms in total. The van der Waals surface area contributed by atoms with Crippen molar-refractivity contribution < 1.29 is 19.5 Å². The number of carboxylic acid groups (broad SMARTS) is 1. The molecule has 1 N–H and O–H groups in total. The smallest absolute Gasteiger partial charge is 0.407 e. The maximum atomic E-state index is 12.3. The second-order valence-corrected chi connectivity index (χ2v) is 4.70. The zero-order valence-corrected chi connectivity index (χ0v) is 11.2. The van der Waals surface area contributed by atoms with Crippen molar-refractivity contribution in [2.75, 3.05) is 26.2 Å². The van der Waals surface area contributed by atoms with Crippen molar-refractivity contribution in [3.63, 3.8) is 0 Å². The molecule has 106 valence electrons. The first-order valence-electron chi connectivity index (χ1n) is 6.37. The highest BCUT2D eigenvalue weighted by atomic mass is 16.4. The van der Waals surface area contributed by atoms with Crippen LogP contribution in [-0.4, -0.2) is 58.9 Å². The molecular weight excluding hydrogens is 260 g/mol. The lowest BCUT2D eigenvalue weighted by molar-refractivity contribution is 0.0625. The molecule has 6 heteroatoms. The minimum Gasteiger partial charge on any atom is -0.465 e. The topological polar surface area (TPSA) is 77.9 Å². The zero-order valence-electron chi connectivity index (χ0n) is 11.2. The van der Waals surface area contributed by atoms with Gasteiger partial charge in [-0.3, -0.25) is 9.59 Å². The first kappa shape index (κ1) is 14.0. The fourth-order valence-electron chi connectivity index (χ4n) is 2.15. The number of Topliss-reactive ketones (excluding diaryl/α,β-unsaturated/α-hetero) is 1. The highest BCUT2D eigenvalue weighted by Gasteiger charge is 2.24. The minimum atomic E-state index is -0.962. The molecule has 20 heavy (non-hydrogen) atoms. The van der Waals surface area contributed by atoms with Crippen molar-refractivity contribution in [2.24, 2.45) is 0 Å². The predicted molar refractivity (Wildman–Crippen MR) is 71.9 cm³/mol. The summed E-state index contributed by atoms with van der Waals surface area (Å²) in [5.41, 5.74) is 0.960. The molecule has 1 fully saturated rings. The van der Waals surface area contributed by atoms with E-state index in [4.69, 9.17) is 5.11 Å². The van der Waals surface area contributed by atoms with Gasteiger partial charge in [-0.15, -0.1) is 0 Å². The van der Waals surface area contributed by atoms with Crippen LogP contribution in [0, 0.1) is 0 Å². The number of carbonyl (C=O) groups is 3. The Morgan fingerprint density at radius 3 is 2.10 bits per heavy atom. The summed E-state index contributed by atoms with van der Waals surface area (Å²) >= 11 is 0. The number of hydrogen-bond acceptors (Lipinski definition) is 3. The first-order chi connectivity index (χ1) is 9.49. The van der Waals surface area contributed by atoms with E-state index in [1.54, 1.807) is 29.2 Å². The number of rotatable bonds is 2. The normalized spacial score (nSPS) is 15.1. The molecule has 1 aromatic rings. The predicted octanol–water partition coefficient (Wildman–Crippen LogP) is 1.32. The lowest BCUT2D eigenvalue weighted by Crippen LogP contribution is -2.50. The third-order valence-corrected chi connectivity index (χ3v) is 3.35. The number of amides is 2. The van der Waals surface area contributed by atoms with Crippen molar-refractivity contribution >= 4 is 17.8 Å². The molecule has 0 spiro atoms. The summed E-state index contributed by atoms with van der Waals surface area (Å²) in [5, 5.41) is 8.86. The van der Waals surface area contributed by atoms with Crippen LogP contribution in [0.1, 0.15) is 27.6 Å². The number of piperazine rings is 1. The standard InChI is InChI=1S/C14H16N2O4/c1-10(17)11-3-2-4-12(9-11)13(18)15-5-7-16(8-6-15)14(19)20/h2-4,9H,5-8H2,1H3,(H,19,20). The van der Waals surface area contributed by atoms with Crippen LogP contribution in [0.25, 0.3) is 0 Å². The molecule has 0 aliphatic carbocycles. The van der Waals surface area contributed by atoms with E-state index in [-0.39, 0.29) is 11.7 Å². The molecule has 0 unspecified atom stereocenters. The van der Waals surface area contributed by atoms with Gasteiger partial charge in [0.2, 0.25) is 0 Å². The molecule has 2 rings (SSSR count). The fraction of sp³-hybridized carbons (Fsp3) is 0.357. The number of ketones is 1. The summed E-state index contributed by atoms with van der Waals surface area (Å²) in [6.07, 6.45) is -0.962. The van der Waals surface area contributed by atoms with Crippen LogP contribution in [0.3, 0.4) is 0 Å². The molecule has 1 aromatic carbocycles. The van der Waals surface area contributed by atoms with E-state index in [1.807, 2.05) is 0 Å². The van der Waals surface area contributed by atoms with Crippen molar-refractivity contribution in [1.29, 1.82) is 0 Å². The Morgan fingerprint density at radius 2 is 1.55 bits per heavy atom.